The average molecular weight is 376 g/mol. The highest BCUT2D eigenvalue weighted by Gasteiger charge is 2.47. The molecule has 3 rings (SSSR count). The number of carbonyl (C=O) groups excluding carboxylic acids is 2. The first kappa shape index (κ1) is 18.6. The molecule has 14 heteroatoms. The van der Waals surface area contributed by atoms with E-state index in [9.17, 15) is 18.0 Å². The highest BCUT2D eigenvalue weighted by atomic mass is 32.3. The van der Waals surface area contributed by atoms with Crippen LogP contribution in [-0.4, -0.2) is 57.6 Å². The van der Waals surface area contributed by atoms with Crippen LogP contribution in [0.4, 0.5) is 4.79 Å². The number of hydrogen-bond donors (Lipinski definition) is 2. The Morgan fingerprint density at radius 2 is 2.24 bits per heavy atom. The predicted octanol–water partition coefficient (Wildman–Crippen LogP) is -1.10. The van der Waals surface area contributed by atoms with Crippen LogP contribution < -0.4 is 5.73 Å². The molecule has 0 spiro atoms. The van der Waals surface area contributed by atoms with Crippen molar-refractivity contribution in [3.8, 4) is 0 Å². The molecule has 25 heavy (non-hydrogen) atoms. The van der Waals surface area contributed by atoms with Crippen LogP contribution >= 0.6 is 0 Å². The minimum Gasteiger partial charge on any atom is -0.387 e. The number of oxime groups is 1. The maximum absolute atomic E-state index is 11.9. The van der Waals surface area contributed by atoms with E-state index < -0.39 is 28.4 Å². The summed E-state index contributed by atoms with van der Waals surface area (Å²) in [5, 5.41) is 7.70. The van der Waals surface area contributed by atoms with Crippen molar-refractivity contribution in [1.29, 1.82) is 0 Å². The quantitative estimate of drug-likeness (QED) is 0.218. The van der Waals surface area contributed by atoms with Crippen molar-refractivity contribution in [2.45, 2.75) is 19.5 Å². The zero-order valence-electron chi connectivity index (χ0n) is 13.3. The van der Waals surface area contributed by atoms with E-state index in [0.29, 0.717) is 18.2 Å². The first-order valence-electron chi connectivity index (χ1n) is 6.81. The highest BCUT2D eigenvalue weighted by Crippen LogP contribution is 2.37. The summed E-state index contributed by atoms with van der Waals surface area (Å²) in [6.07, 6.45) is 2.47. The fraction of sp³-hybridized carbons (Fsp3) is 0.455. The van der Waals surface area contributed by atoms with E-state index in [-0.39, 0.29) is 0 Å². The van der Waals surface area contributed by atoms with Crippen molar-refractivity contribution in [3.63, 3.8) is 0 Å². The number of urea groups is 1. The van der Waals surface area contributed by atoms with Gasteiger partial charge in [-0.25, -0.2) is 9.59 Å². The minimum atomic E-state index is -4.72. The van der Waals surface area contributed by atoms with Crippen molar-refractivity contribution >= 4 is 28.7 Å². The summed E-state index contributed by atoms with van der Waals surface area (Å²) in [5.74, 6) is -0.471. The van der Waals surface area contributed by atoms with Gasteiger partial charge in [-0.15, -0.1) is 4.28 Å². The third-order valence-corrected chi connectivity index (χ3v) is 3.69. The molecular weight excluding hydrogens is 360 g/mol. The normalized spacial score (nSPS) is 18.8. The van der Waals surface area contributed by atoms with Gasteiger partial charge in [0.25, 0.3) is 0 Å². The number of hydroxylamine groups is 2. The summed E-state index contributed by atoms with van der Waals surface area (Å²) < 4.78 is 36.1. The number of nitrogens with two attached hydrogens (primary N) is 1. The lowest BCUT2D eigenvalue weighted by Crippen LogP contribution is -2.32. The van der Waals surface area contributed by atoms with Crippen molar-refractivity contribution < 1.29 is 31.7 Å². The first-order valence-corrected chi connectivity index (χ1v) is 8.17. The van der Waals surface area contributed by atoms with E-state index in [1.165, 1.54) is 11.8 Å². The van der Waals surface area contributed by atoms with Crippen molar-refractivity contribution in [2.75, 3.05) is 6.54 Å². The Morgan fingerprint density at radius 1 is 1.56 bits per heavy atom. The number of hydrogen-bond acceptors (Lipinski definition) is 8. The van der Waals surface area contributed by atoms with Gasteiger partial charge in [-0.2, -0.15) is 18.6 Å². The molecule has 0 aliphatic carbocycles. The van der Waals surface area contributed by atoms with Gasteiger partial charge in [0.2, 0.25) is 0 Å². The van der Waals surface area contributed by atoms with E-state index in [4.69, 9.17) is 10.3 Å². The average Bonchev–Trinajstić information content (AvgIpc) is 3.00. The van der Waals surface area contributed by atoms with E-state index in [1.807, 2.05) is 0 Å². The summed E-state index contributed by atoms with van der Waals surface area (Å²) in [7, 11) is -2.98. The maximum atomic E-state index is 11.9. The van der Waals surface area contributed by atoms with Gasteiger partial charge in [-0.1, -0.05) is 5.16 Å². The second-order valence-electron chi connectivity index (χ2n) is 5.01. The molecule has 3 N–H and O–H groups in total. The van der Waals surface area contributed by atoms with Gasteiger partial charge in [0.15, 0.2) is 0 Å². The van der Waals surface area contributed by atoms with Gasteiger partial charge in [0, 0.05) is 19.5 Å². The molecule has 1 saturated heterocycles. The molecule has 1 aromatic rings. The number of aromatic nitrogens is 2. The molecule has 1 aromatic heterocycles. The van der Waals surface area contributed by atoms with E-state index in [0.717, 1.165) is 17.6 Å². The minimum absolute atomic E-state index is 0.313. The zero-order chi connectivity index (χ0) is 18.8. The molecule has 2 aliphatic rings. The third-order valence-electron chi connectivity index (χ3n) is 3.35. The van der Waals surface area contributed by atoms with Crippen LogP contribution in [0.2, 0.25) is 0 Å². The monoisotopic (exact) mass is 376 g/mol. The fourth-order valence-electron chi connectivity index (χ4n) is 2.41. The Balaban J connectivity index is 0.000000277. The summed E-state index contributed by atoms with van der Waals surface area (Å²) in [6, 6.07) is -1.16. The van der Waals surface area contributed by atoms with Crippen molar-refractivity contribution in [2.24, 2.45) is 17.9 Å². The van der Waals surface area contributed by atoms with Crippen LogP contribution in [-0.2, 0) is 37.9 Å². The van der Waals surface area contributed by atoms with Crippen LogP contribution in [0.5, 0.6) is 0 Å². The Kier molecular flexibility index (Phi) is 5.24. The summed E-state index contributed by atoms with van der Waals surface area (Å²) in [4.78, 5) is 27.1. The molecule has 1 atom stereocenters. The molecule has 1 unspecified atom stereocenters. The molecule has 13 nitrogen and oxygen atoms in total. The van der Waals surface area contributed by atoms with Crippen molar-refractivity contribution in [3.05, 3.63) is 17.5 Å². The Hall–Kier alpha value is -2.71. The Labute approximate surface area is 142 Å². The molecule has 138 valence electrons. The lowest BCUT2D eigenvalue weighted by molar-refractivity contribution is -0.140. The number of nitrogens with zero attached hydrogens (tertiary/aromatic N) is 5. The van der Waals surface area contributed by atoms with E-state index in [1.54, 1.807) is 17.9 Å². The number of rotatable bonds is 3. The number of carbonyl (C=O) groups is 2. The number of amides is 2. The smallest absolute Gasteiger partial charge is 0.387 e. The Morgan fingerprint density at radius 3 is 2.76 bits per heavy atom. The lowest BCUT2D eigenvalue weighted by Gasteiger charge is -2.21. The molecule has 0 aromatic carbocycles. The second kappa shape index (κ2) is 7.04. The van der Waals surface area contributed by atoms with Gasteiger partial charge in [0.1, 0.15) is 12.4 Å². The summed E-state index contributed by atoms with van der Waals surface area (Å²) in [5.41, 5.74) is 6.25. The molecule has 1 fully saturated rings. The largest absolute Gasteiger partial charge is 0.418 e. The second-order valence-corrected chi connectivity index (χ2v) is 6.02. The van der Waals surface area contributed by atoms with Gasteiger partial charge < -0.3 is 15.5 Å². The predicted molar refractivity (Wildman–Crippen MR) is 80.7 cm³/mol. The van der Waals surface area contributed by atoms with Gasteiger partial charge in [-0.3, -0.25) is 9.23 Å². The SMILES string of the molecule is CC(=O)O/N=C\N.Cn1ncc2c1CN1CC2N(OS(=O)(=O)O)C1=O. The topological polar surface area (TPSA) is 170 Å². The third kappa shape index (κ3) is 4.23. The highest BCUT2D eigenvalue weighted by molar-refractivity contribution is 7.80. The van der Waals surface area contributed by atoms with Crippen LogP contribution in [0, 0.1) is 0 Å². The maximum Gasteiger partial charge on any atom is 0.418 e. The standard InChI is InChI=1S/C8H10N4O5S.C3H6N2O2/c1-10-6-3-11-4-7(5(6)2-9-10)12(8(11)13)17-18(14,15)16;1-3(6)7-5-2-4/h2,7H,3-4H2,1H3,(H,14,15,16);2H,1H3,(H2,4,5). The van der Waals surface area contributed by atoms with Crippen molar-refractivity contribution in [1.82, 2.24) is 19.7 Å². The molecule has 2 bridgehead atoms. The molecule has 2 aliphatic heterocycles. The first-order chi connectivity index (χ1) is 11.6. The number of fused-ring (bicyclic) bond motifs is 4. The molecule has 2 amide bonds. The van der Waals surface area contributed by atoms with Gasteiger partial charge >= 0.3 is 22.4 Å². The summed E-state index contributed by atoms with van der Waals surface area (Å²) >= 11 is 0. The molecule has 0 saturated carbocycles. The number of aryl methyl sites for hydroxylation is 1. The Bertz CT molecular complexity index is 804. The molecule has 3 heterocycles. The van der Waals surface area contributed by atoms with Gasteiger partial charge in [-0.05, 0) is 0 Å². The van der Waals surface area contributed by atoms with E-state index in [2.05, 4.69) is 19.4 Å². The van der Waals surface area contributed by atoms with E-state index >= 15 is 0 Å². The van der Waals surface area contributed by atoms with Gasteiger partial charge in [0.05, 0.1) is 25.0 Å². The molecular formula is C11H16N6O7S. The van der Waals surface area contributed by atoms with Crippen LogP contribution in [0.25, 0.3) is 0 Å². The zero-order valence-corrected chi connectivity index (χ0v) is 14.1. The summed E-state index contributed by atoms with van der Waals surface area (Å²) in [6.45, 7) is 1.90. The fourth-order valence-corrected chi connectivity index (χ4v) is 2.78. The molecule has 0 radical (unpaired) electrons. The lowest BCUT2D eigenvalue weighted by atomic mass is 10.1. The van der Waals surface area contributed by atoms with Crippen LogP contribution in [0.1, 0.15) is 24.2 Å². The van der Waals surface area contributed by atoms with Crippen LogP contribution in [0.15, 0.2) is 11.4 Å². The van der Waals surface area contributed by atoms with Crippen LogP contribution in [0.3, 0.4) is 0 Å².